The molecule has 0 bridgehead atoms. The summed E-state index contributed by atoms with van der Waals surface area (Å²) in [6, 6.07) is 13.8. The number of nitrogens with one attached hydrogen (secondary N) is 5. The van der Waals surface area contributed by atoms with Crippen LogP contribution in [-0.4, -0.2) is 65.6 Å². The molecule has 1 unspecified atom stereocenters. The largest absolute Gasteiger partial charge is 0.494 e. The van der Waals surface area contributed by atoms with Crippen molar-refractivity contribution in [3.8, 4) is 5.75 Å². The minimum Gasteiger partial charge on any atom is -0.494 e. The van der Waals surface area contributed by atoms with E-state index in [1.807, 2.05) is 30.3 Å². The molecular weight excluding hydrogens is 566 g/mol. The number of carboxylic acid groups (broad SMARTS) is 1. The van der Waals surface area contributed by atoms with E-state index in [4.69, 9.17) is 10.5 Å². The number of nitrogens with two attached hydrogens (primary N) is 1. The summed E-state index contributed by atoms with van der Waals surface area (Å²) in [5.41, 5.74) is 6.67. The van der Waals surface area contributed by atoms with Crippen LogP contribution in [0.2, 0.25) is 0 Å². The van der Waals surface area contributed by atoms with Gasteiger partial charge >= 0.3 is 12.0 Å². The third-order valence-corrected chi connectivity index (χ3v) is 6.19. The molecule has 1 atom stereocenters. The molecule has 0 radical (unpaired) electrons. The lowest BCUT2D eigenvalue weighted by Gasteiger charge is -2.17. The summed E-state index contributed by atoms with van der Waals surface area (Å²) in [6.45, 7) is 0.694. The highest BCUT2D eigenvalue weighted by atomic mass is 32.1. The average molecular weight is 598 g/mol. The van der Waals surface area contributed by atoms with Crippen molar-refractivity contribution in [3.63, 3.8) is 0 Å². The Morgan fingerprint density at radius 3 is 2.40 bits per heavy atom. The summed E-state index contributed by atoms with van der Waals surface area (Å²) in [7, 11) is 0. The van der Waals surface area contributed by atoms with Crippen LogP contribution in [0, 0.1) is 0 Å². The molecule has 222 valence electrons. The zero-order valence-corrected chi connectivity index (χ0v) is 23.2. The van der Waals surface area contributed by atoms with Crippen LogP contribution in [0.4, 0.5) is 15.6 Å². The first-order valence-electron chi connectivity index (χ1n) is 12.8. The van der Waals surface area contributed by atoms with Gasteiger partial charge in [-0.3, -0.25) is 24.5 Å². The summed E-state index contributed by atoms with van der Waals surface area (Å²) in [6.07, 6.45) is 0.00504. The Kier molecular flexibility index (Phi) is 12.2. The zero-order valence-electron chi connectivity index (χ0n) is 22.4. The topological polar surface area (TPSA) is 214 Å². The maximum atomic E-state index is 12.7. The highest BCUT2D eigenvalue weighted by Gasteiger charge is 2.24. The average Bonchev–Trinajstić information content (AvgIpc) is 3.44. The van der Waals surface area contributed by atoms with Crippen LogP contribution in [0.15, 0.2) is 60.0 Å². The fourth-order valence-electron chi connectivity index (χ4n) is 3.37. The van der Waals surface area contributed by atoms with Crippen molar-refractivity contribution in [1.29, 1.82) is 0 Å². The van der Waals surface area contributed by atoms with Crippen LogP contribution >= 0.6 is 11.3 Å². The third kappa shape index (κ3) is 10.9. The molecular formula is C27H31N7O7S. The molecule has 14 nitrogen and oxygen atoms in total. The van der Waals surface area contributed by atoms with Crippen molar-refractivity contribution in [2.75, 3.05) is 30.3 Å². The monoisotopic (exact) mass is 597 g/mol. The molecule has 0 aliphatic rings. The van der Waals surface area contributed by atoms with E-state index < -0.39 is 48.7 Å². The van der Waals surface area contributed by atoms with Crippen molar-refractivity contribution in [3.05, 3.63) is 71.2 Å². The lowest BCUT2D eigenvalue weighted by molar-refractivity contribution is -0.139. The van der Waals surface area contributed by atoms with E-state index >= 15 is 0 Å². The molecule has 0 fully saturated rings. The van der Waals surface area contributed by atoms with Gasteiger partial charge in [-0.1, -0.05) is 30.3 Å². The molecule has 0 aliphatic carbocycles. The number of benzene rings is 2. The molecule has 3 rings (SSSR count). The number of carbonyl (C=O) groups excluding carboxylic acids is 4. The van der Waals surface area contributed by atoms with E-state index in [-0.39, 0.29) is 10.8 Å². The summed E-state index contributed by atoms with van der Waals surface area (Å²) >= 11 is 1.01. The molecule has 1 aromatic heterocycles. The zero-order chi connectivity index (χ0) is 30.3. The van der Waals surface area contributed by atoms with Gasteiger partial charge in [0.15, 0.2) is 5.13 Å². The summed E-state index contributed by atoms with van der Waals surface area (Å²) in [5.74, 6) is -2.98. The van der Waals surface area contributed by atoms with E-state index in [1.165, 1.54) is 5.38 Å². The number of rotatable bonds is 15. The number of hydrogen-bond acceptors (Lipinski definition) is 9. The van der Waals surface area contributed by atoms with Crippen LogP contribution in [0.25, 0.3) is 0 Å². The van der Waals surface area contributed by atoms with Crippen LogP contribution < -0.4 is 37.1 Å². The second-order valence-electron chi connectivity index (χ2n) is 8.74. The molecule has 8 N–H and O–H groups in total. The Morgan fingerprint density at radius 2 is 1.71 bits per heavy atom. The van der Waals surface area contributed by atoms with Crippen molar-refractivity contribution < 1.29 is 33.8 Å². The number of carboxylic acids is 1. The predicted octanol–water partition coefficient (Wildman–Crippen LogP) is 1.52. The van der Waals surface area contributed by atoms with Gasteiger partial charge in [0.25, 0.3) is 5.91 Å². The quantitative estimate of drug-likeness (QED) is 0.126. The van der Waals surface area contributed by atoms with E-state index in [0.29, 0.717) is 37.6 Å². The number of amides is 5. The van der Waals surface area contributed by atoms with Crippen LogP contribution in [0.1, 0.15) is 28.9 Å². The highest BCUT2D eigenvalue weighted by molar-refractivity contribution is 7.14. The molecule has 0 saturated heterocycles. The summed E-state index contributed by atoms with van der Waals surface area (Å²) in [4.78, 5) is 65.0. The molecule has 15 heteroatoms. The Morgan fingerprint density at radius 1 is 0.976 bits per heavy atom. The molecule has 3 aromatic rings. The van der Waals surface area contributed by atoms with E-state index in [0.717, 1.165) is 16.9 Å². The lowest BCUT2D eigenvalue weighted by atomic mass is 10.1. The SMILES string of the molecule is NCCCOc1ccc(NC(=O)C(CC(=O)O)NC(=O)CNC(=O)c2csc(NC(=O)NCc3ccccc3)n2)cc1. The Labute approximate surface area is 245 Å². The minimum atomic E-state index is -1.41. The Hall–Kier alpha value is -5.02. The van der Waals surface area contributed by atoms with Gasteiger partial charge in [-0.25, -0.2) is 9.78 Å². The summed E-state index contributed by atoms with van der Waals surface area (Å²) < 4.78 is 5.49. The molecule has 42 heavy (non-hydrogen) atoms. The van der Waals surface area contributed by atoms with Gasteiger partial charge in [-0.05, 0) is 42.8 Å². The van der Waals surface area contributed by atoms with Gasteiger partial charge in [0.2, 0.25) is 11.8 Å². The Balaban J connectivity index is 1.46. The van der Waals surface area contributed by atoms with E-state index in [9.17, 15) is 29.1 Å². The number of urea groups is 1. The number of carbonyl (C=O) groups is 5. The first kappa shape index (κ1) is 31.5. The maximum absolute atomic E-state index is 12.7. The normalized spacial score (nSPS) is 11.1. The number of aliphatic carboxylic acids is 1. The summed E-state index contributed by atoms with van der Waals surface area (Å²) in [5, 5.41) is 23.2. The molecule has 2 aromatic carbocycles. The first-order chi connectivity index (χ1) is 20.2. The third-order valence-electron chi connectivity index (χ3n) is 5.43. The predicted molar refractivity (Wildman–Crippen MR) is 155 cm³/mol. The molecule has 0 aliphatic heterocycles. The van der Waals surface area contributed by atoms with E-state index in [1.54, 1.807) is 24.3 Å². The van der Waals surface area contributed by atoms with Crippen molar-refractivity contribution in [2.45, 2.75) is 25.4 Å². The van der Waals surface area contributed by atoms with Crippen molar-refractivity contribution in [1.82, 2.24) is 20.9 Å². The highest BCUT2D eigenvalue weighted by Crippen LogP contribution is 2.17. The standard InChI is InChI=1S/C27H31N7O7S/c28-11-4-12-41-19-9-7-18(8-10-19)31-25(39)20(13-23(36)37)32-22(35)15-29-24(38)21-16-42-27(33-21)34-26(40)30-14-17-5-2-1-3-6-17/h1-3,5-10,16,20H,4,11-15,28H2,(H,29,38)(H,31,39)(H,32,35)(H,36,37)(H2,30,33,34,40). The van der Waals surface area contributed by atoms with Gasteiger partial charge in [0.05, 0.1) is 19.6 Å². The van der Waals surface area contributed by atoms with Crippen LogP contribution in [0.3, 0.4) is 0 Å². The number of thiazole rings is 1. The minimum absolute atomic E-state index is 0.0403. The smallest absolute Gasteiger partial charge is 0.321 e. The second kappa shape index (κ2) is 16.3. The van der Waals surface area contributed by atoms with Gasteiger partial charge in [-0.2, -0.15) is 0 Å². The van der Waals surface area contributed by atoms with Gasteiger partial charge in [-0.15, -0.1) is 11.3 Å². The Bertz CT molecular complexity index is 1370. The van der Waals surface area contributed by atoms with E-state index in [2.05, 4.69) is 31.6 Å². The fourth-order valence-corrected chi connectivity index (χ4v) is 4.06. The molecule has 1 heterocycles. The number of nitrogens with zero attached hydrogens (tertiary/aromatic N) is 1. The number of hydrogen-bond donors (Lipinski definition) is 7. The number of anilines is 2. The molecule has 5 amide bonds. The van der Waals surface area contributed by atoms with Crippen molar-refractivity contribution in [2.24, 2.45) is 5.73 Å². The van der Waals surface area contributed by atoms with Crippen LogP contribution in [-0.2, 0) is 20.9 Å². The molecule has 0 saturated carbocycles. The second-order valence-corrected chi connectivity index (χ2v) is 9.59. The molecule has 0 spiro atoms. The number of ether oxygens (including phenoxy) is 1. The van der Waals surface area contributed by atoms with Gasteiger partial charge in [0.1, 0.15) is 17.5 Å². The van der Waals surface area contributed by atoms with Crippen LogP contribution in [0.5, 0.6) is 5.75 Å². The maximum Gasteiger partial charge on any atom is 0.321 e. The van der Waals surface area contributed by atoms with Crippen molar-refractivity contribution >= 4 is 51.9 Å². The fraction of sp³-hybridized carbons (Fsp3) is 0.259. The van der Waals surface area contributed by atoms with Gasteiger partial charge < -0.3 is 36.8 Å². The number of aromatic nitrogens is 1. The first-order valence-corrected chi connectivity index (χ1v) is 13.7. The lowest BCUT2D eigenvalue weighted by Crippen LogP contribution is -2.48. The van der Waals surface area contributed by atoms with Gasteiger partial charge in [0, 0.05) is 17.6 Å².